The molecule has 0 spiro atoms. The summed E-state index contributed by atoms with van der Waals surface area (Å²) in [6.45, 7) is 1.76. The Hall–Kier alpha value is -1.13. The highest BCUT2D eigenvalue weighted by atomic mass is 32.1. The number of hydrogen-bond donors (Lipinski definition) is 1. The van der Waals surface area contributed by atoms with Crippen LogP contribution in [0, 0.1) is 5.92 Å². The van der Waals surface area contributed by atoms with E-state index in [1.54, 1.807) is 11.3 Å². The molecule has 0 aliphatic heterocycles. The first-order valence-corrected chi connectivity index (χ1v) is 7.05. The highest BCUT2D eigenvalue weighted by molar-refractivity contribution is 7.13. The Labute approximate surface area is 105 Å². The molecule has 2 heterocycles. The molecule has 1 aliphatic carbocycles. The van der Waals surface area contributed by atoms with E-state index in [2.05, 4.69) is 28.3 Å². The molecule has 0 amide bonds. The van der Waals surface area contributed by atoms with E-state index in [-0.39, 0.29) is 0 Å². The van der Waals surface area contributed by atoms with Crippen molar-refractivity contribution in [3.05, 3.63) is 29.3 Å². The molecule has 0 radical (unpaired) electrons. The second-order valence-corrected chi connectivity index (χ2v) is 5.61. The maximum Gasteiger partial charge on any atom is 0.103 e. The van der Waals surface area contributed by atoms with Crippen molar-refractivity contribution in [3.8, 4) is 10.6 Å². The lowest BCUT2D eigenvalue weighted by atomic mass is 10.2. The predicted molar refractivity (Wildman–Crippen MR) is 71.0 cm³/mol. The van der Waals surface area contributed by atoms with Crippen molar-refractivity contribution in [2.75, 3.05) is 6.54 Å². The third kappa shape index (κ3) is 2.42. The van der Waals surface area contributed by atoms with E-state index in [0.29, 0.717) is 6.54 Å². The molecule has 1 saturated carbocycles. The molecule has 0 atom stereocenters. The van der Waals surface area contributed by atoms with Gasteiger partial charge >= 0.3 is 0 Å². The van der Waals surface area contributed by atoms with E-state index in [1.165, 1.54) is 23.4 Å². The predicted octanol–water partition coefficient (Wildman–Crippen LogP) is 2.52. The van der Waals surface area contributed by atoms with Crippen LogP contribution >= 0.6 is 11.3 Å². The van der Waals surface area contributed by atoms with Crippen LogP contribution in [0.3, 0.4) is 0 Å². The fourth-order valence-electron chi connectivity index (χ4n) is 2.05. The van der Waals surface area contributed by atoms with Crippen molar-refractivity contribution in [2.24, 2.45) is 11.7 Å². The standard InChI is InChI=1S/C13H17N3S/c14-6-5-11-8-12(13-2-1-7-17-13)15-16(11)9-10-3-4-10/h1-2,7-8,10H,3-6,9,14H2. The zero-order valence-electron chi connectivity index (χ0n) is 9.80. The van der Waals surface area contributed by atoms with Crippen LogP contribution in [0.15, 0.2) is 23.6 Å². The van der Waals surface area contributed by atoms with Gasteiger partial charge in [0.15, 0.2) is 0 Å². The number of nitrogens with two attached hydrogens (primary N) is 1. The lowest BCUT2D eigenvalue weighted by molar-refractivity contribution is 0.540. The van der Waals surface area contributed by atoms with E-state index >= 15 is 0 Å². The van der Waals surface area contributed by atoms with Crippen molar-refractivity contribution in [2.45, 2.75) is 25.8 Å². The van der Waals surface area contributed by atoms with Gasteiger partial charge in [-0.25, -0.2) is 0 Å². The fraction of sp³-hybridized carbons (Fsp3) is 0.462. The van der Waals surface area contributed by atoms with Gasteiger partial charge in [-0.3, -0.25) is 4.68 Å². The summed E-state index contributed by atoms with van der Waals surface area (Å²) < 4.78 is 2.17. The summed E-state index contributed by atoms with van der Waals surface area (Å²) in [5, 5.41) is 6.82. The topological polar surface area (TPSA) is 43.8 Å². The molecule has 0 unspecified atom stereocenters. The molecule has 1 fully saturated rings. The van der Waals surface area contributed by atoms with Crippen LogP contribution in [0.4, 0.5) is 0 Å². The van der Waals surface area contributed by atoms with E-state index in [9.17, 15) is 0 Å². The Balaban J connectivity index is 1.89. The summed E-state index contributed by atoms with van der Waals surface area (Å²) >= 11 is 1.74. The summed E-state index contributed by atoms with van der Waals surface area (Å²) in [5.41, 5.74) is 8.05. The van der Waals surface area contributed by atoms with Crippen LogP contribution < -0.4 is 5.73 Å². The van der Waals surface area contributed by atoms with Crippen molar-refractivity contribution in [1.29, 1.82) is 0 Å². The maximum atomic E-state index is 5.67. The summed E-state index contributed by atoms with van der Waals surface area (Å²) in [5.74, 6) is 0.850. The molecular formula is C13H17N3S. The molecule has 0 bridgehead atoms. The van der Waals surface area contributed by atoms with Crippen molar-refractivity contribution in [1.82, 2.24) is 9.78 Å². The average Bonchev–Trinajstić information content (AvgIpc) is 2.83. The molecule has 2 aromatic rings. The molecule has 3 nitrogen and oxygen atoms in total. The second kappa shape index (κ2) is 4.63. The van der Waals surface area contributed by atoms with Crippen molar-refractivity contribution < 1.29 is 0 Å². The molecule has 1 aliphatic rings. The van der Waals surface area contributed by atoms with E-state index < -0.39 is 0 Å². The van der Waals surface area contributed by atoms with Gasteiger partial charge in [0.1, 0.15) is 5.69 Å². The highest BCUT2D eigenvalue weighted by Gasteiger charge is 2.23. The number of aromatic nitrogens is 2. The third-order valence-corrected chi connectivity index (χ3v) is 4.06. The lowest BCUT2D eigenvalue weighted by Crippen LogP contribution is -2.11. The summed E-state index contributed by atoms with van der Waals surface area (Å²) in [6, 6.07) is 6.39. The zero-order valence-corrected chi connectivity index (χ0v) is 10.6. The molecule has 2 aromatic heterocycles. The quantitative estimate of drug-likeness (QED) is 0.882. The van der Waals surface area contributed by atoms with Gasteiger partial charge in [0.05, 0.1) is 4.88 Å². The Kier molecular flexibility index (Phi) is 2.99. The number of hydrogen-bond acceptors (Lipinski definition) is 3. The molecule has 0 saturated heterocycles. The van der Waals surface area contributed by atoms with Crippen LogP contribution in [0.2, 0.25) is 0 Å². The highest BCUT2D eigenvalue weighted by Crippen LogP contribution is 2.32. The number of thiophene rings is 1. The van der Waals surface area contributed by atoms with Crippen LogP contribution in [-0.2, 0) is 13.0 Å². The zero-order chi connectivity index (χ0) is 11.7. The third-order valence-electron chi connectivity index (χ3n) is 3.17. The Bertz CT molecular complexity index is 483. The van der Waals surface area contributed by atoms with Crippen LogP contribution in [0.5, 0.6) is 0 Å². The monoisotopic (exact) mass is 247 g/mol. The molecule has 2 N–H and O–H groups in total. The van der Waals surface area contributed by atoms with Gasteiger partial charge in [-0.15, -0.1) is 11.3 Å². The number of rotatable bonds is 5. The molecule has 0 aromatic carbocycles. The fourth-order valence-corrected chi connectivity index (χ4v) is 2.73. The van der Waals surface area contributed by atoms with Gasteiger partial charge in [-0.1, -0.05) is 6.07 Å². The van der Waals surface area contributed by atoms with Crippen molar-refractivity contribution in [3.63, 3.8) is 0 Å². The van der Waals surface area contributed by atoms with E-state index in [4.69, 9.17) is 10.8 Å². The van der Waals surface area contributed by atoms with Gasteiger partial charge in [-0.05, 0) is 42.8 Å². The second-order valence-electron chi connectivity index (χ2n) is 4.66. The van der Waals surface area contributed by atoms with E-state index in [0.717, 1.165) is 24.6 Å². The number of nitrogens with zero attached hydrogens (tertiary/aromatic N) is 2. The van der Waals surface area contributed by atoms with Gasteiger partial charge in [0.2, 0.25) is 0 Å². The first-order chi connectivity index (χ1) is 8.36. The molecular weight excluding hydrogens is 230 g/mol. The molecule has 3 rings (SSSR count). The van der Waals surface area contributed by atoms with Gasteiger partial charge in [0.25, 0.3) is 0 Å². The first-order valence-electron chi connectivity index (χ1n) is 6.17. The Morgan fingerprint density at radius 3 is 3.00 bits per heavy atom. The minimum absolute atomic E-state index is 0.695. The van der Waals surface area contributed by atoms with Crippen LogP contribution in [0.25, 0.3) is 10.6 Å². The molecule has 4 heteroatoms. The molecule has 90 valence electrons. The normalized spacial score (nSPS) is 15.4. The average molecular weight is 247 g/mol. The first kappa shape index (κ1) is 11.0. The summed E-state index contributed by atoms with van der Waals surface area (Å²) in [4.78, 5) is 1.25. The summed E-state index contributed by atoms with van der Waals surface area (Å²) in [7, 11) is 0. The van der Waals surface area contributed by atoms with Gasteiger partial charge in [0, 0.05) is 18.7 Å². The van der Waals surface area contributed by atoms with Gasteiger partial charge in [-0.2, -0.15) is 5.10 Å². The molecule has 17 heavy (non-hydrogen) atoms. The van der Waals surface area contributed by atoms with Crippen LogP contribution in [-0.4, -0.2) is 16.3 Å². The lowest BCUT2D eigenvalue weighted by Gasteiger charge is -2.04. The minimum Gasteiger partial charge on any atom is -0.330 e. The van der Waals surface area contributed by atoms with E-state index in [1.807, 2.05) is 0 Å². The maximum absolute atomic E-state index is 5.67. The summed E-state index contributed by atoms with van der Waals surface area (Å²) in [6.07, 6.45) is 3.64. The van der Waals surface area contributed by atoms with Crippen molar-refractivity contribution >= 4 is 11.3 Å². The Morgan fingerprint density at radius 1 is 1.47 bits per heavy atom. The van der Waals surface area contributed by atoms with Crippen LogP contribution in [0.1, 0.15) is 18.5 Å². The van der Waals surface area contributed by atoms with Gasteiger partial charge < -0.3 is 5.73 Å². The largest absolute Gasteiger partial charge is 0.330 e. The SMILES string of the molecule is NCCc1cc(-c2cccs2)nn1CC1CC1. The Morgan fingerprint density at radius 2 is 2.35 bits per heavy atom. The minimum atomic E-state index is 0.695. The smallest absolute Gasteiger partial charge is 0.103 e.